The maximum Gasteiger partial charge on any atom is 0.341 e. The van der Waals surface area contributed by atoms with E-state index in [-0.39, 0.29) is 17.9 Å². The Morgan fingerprint density at radius 1 is 1.37 bits per heavy atom. The van der Waals surface area contributed by atoms with Gasteiger partial charge in [0.1, 0.15) is 23.2 Å². The molecule has 3 rings (SSSR count). The van der Waals surface area contributed by atoms with Gasteiger partial charge in [0.05, 0.1) is 18.8 Å². The molecule has 1 aromatic heterocycles. The number of hydrogen-bond donors (Lipinski definition) is 1. The van der Waals surface area contributed by atoms with Crippen LogP contribution in [0.4, 0.5) is 0 Å². The molecule has 144 valence electrons. The maximum atomic E-state index is 12.2. The topological polar surface area (TPSA) is 86.0 Å². The highest BCUT2D eigenvalue weighted by Crippen LogP contribution is 2.31. The molecule has 0 fully saturated rings. The van der Waals surface area contributed by atoms with Gasteiger partial charge in [-0.3, -0.25) is 0 Å². The third-order valence-corrected chi connectivity index (χ3v) is 5.00. The van der Waals surface area contributed by atoms with E-state index in [0.717, 1.165) is 11.1 Å². The summed E-state index contributed by atoms with van der Waals surface area (Å²) in [5, 5.41) is 10.6. The third-order valence-electron chi connectivity index (χ3n) is 5.00. The van der Waals surface area contributed by atoms with Crippen LogP contribution in [0.3, 0.4) is 0 Å². The molecule has 1 aromatic rings. The highest BCUT2D eigenvalue weighted by atomic mass is 16.5. The summed E-state index contributed by atoms with van der Waals surface area (Å²) in [7, 11) is 1.32. The molecule has 6 nitrogen and oxygen atoms in total. The summed E-state index contributed by atoms with van der Waals surface area (Å²) in [6.07, 6.45) is 3.27. The van der Waals surface area contributed by atoms with Gasteiger partial charge >= 0.3 is 11.9 Å². The van der Waals surface area contributed by atoms with Crippen molar-refractivity contribution in [2.24, 2.45) is 5.92 Å². The Morgan fingerprint density at radius 2 is 2.11 bits per heavy atom. The number of aliphatic hydroxyl groups is 1. The molecule has 0 saturated heterocycles. The number of methoxy groups -OCH3 is 1. The van der Waals surface area contributed by atoms with Crippen molar-refractivity contribution in [2.45, 2.75) is 45.3 Å². The molecular weight excluding hydrogens is 348 g/mol. The number of carbonyl (C=O) groups excluding carboxylic acids is 2. The van der Waals surface area contributed by atoms with Gasteiger partial charge in [-0.15, -0.1) is 0 Å². The number of esters is 2. The number of hydrogen-bond acceptors (Lipinski definition) is 6. The first kappa shape index (κ1) is 19.2. The second kappa shape index (κ2) is 7.56. The van der Waals surface area contributed by atoms with E-state index in [4.69, 9.17) is 13.9 Å². The van der Waals surface area contributed by atoms with Crippen LogP contribution in [0, 0.1) is 5.92 Å². The Labute approximate surface area is 158 Å². The molecule has 0 amide bonds. The van der Waals surface area contributed by atoms with Crippen LogP contribution in [-0.4, -0.2) is 36.4 Å². The van der Waals surface area contributed by atoms with Gasteiger partial charge in [0.25, 0.3) is 0 Å². The molecule has 0 saturated carbocycles. The van der Waals surface area contributed by atoms with Crippen LogP contribution in [0.5, 0.6) is 0 Å². The Hall–Kier alpha value is -2.60. The second-order valence-corrected chi connectivity index (χ2v) is 7.24. The zero-order valence-corrected chi connectivity index (χ0v) is 15.8. The zero-order valence-electron chi connectivity index (χ0n) is 15.8. The number of ether oxygens (including phenoxy) is 2. The molecule has 2 aliphatic rings. The van der Waals surface area contributed by atoms with Crippen molar-refractivity contribution in [3.63, 3.8) is 0 Å². The van der Waals surface area contributed by atoms with Crippen LogP contribution < -0.4 is 0 Å². The average molecular weight is 372 g/mol. The number of aliphatic hydroxyl groups excluding tert-OH is 1. The number of allylic oxidation sites excluding steroid dienone is 1. The average Bonchev–Trinajstić information content (AvgIpc) is 3.15. The Bertz CT molecular complexity index is 841. The Kier molecular flexibility index (Phi) is 5.37. The van der Waals surface area contributed by atoms with Gasteiger partial charge in [0.15, 0.2) is 0 Å². The first-order valence-electron chi connectivity index (χ1n) is 8.92. The summed E-state index contributed by atoms with van der Waals surface area (Å²) in [5.41, 5.74) is 2.40. The standard InChI is InChI=1S/C21H24O6/c1-11(2)13-7-18(22)16-9-15(27-21(16)24)6-12(3)5-14-10-17(20(23)25-4)19(8-13)26-14/h5,9-10,13,15,18,22H,1,6-8H2,2-4H3/b12-5-/t13-,15+,18+/m1/s1. The molecule has 0 aliphatic carbocycles. The van der Waals surface area contributed by atoms with Crippen LogP contribution in [0.2, 0.25) is 0 Å². The summed E-state index contributed by atoms with van der Waals surface area (Å²) >= 11 is 0. The molecule has 6 heteroatoms. The van der Waals surface area contributed by atoms with Crippen LogP contribution in [0.25, 0.3) is 6.08 Å². The molecular formula is C21H24O6. The minimum atomic E-state index is -0.967. The molecule has 27 heavy (non-hydrogen) atoms. The van der Waals surface area contributed by atoms with Gasteiger partial charge in [-0.25, -0.2) is 9.59 Å². The molecule has 1 N–H and O–H groups in total. The number of rotatable bonds is 2. The lowest BCUT2D eigenvalue weighted by Crippen LogP contribution is -2.22. The van der Waals surface area contributed by atoms with E-state index >= 15 is 0 Å². The van der Waals surface area contributed by atoms with Crippen LogP contribution in [0.15, 0.2) is 39.9 Å². The first-order valence-corrected chi connectivity index (χ1v) is 8.92. The predicted molar refractivity (Wildman–Crippen MR) is 98.9 cm³/mol. The SMILES string of the molecule is C=C(C)[C@H]1Cc2oc(cc2C(=O)OC)/C=C(/C)C[C@H]2C=C(C(=O)O2)[C@@H](O)C1. The summed E-state index contributed by atoms with van der Waals surface area (Å²) in [6, 6.07) is 1.66. The third kappa shape index (κ3) is 4.06. The number of carbonyl (C=O) groups is 2. The molecule has 3 atom stereocenters. The summed E-state index contributed by atoms with van der Waals surface area (Å²) < 4.78 is 16.1. The van der Waals surface area contributed by atoms with Crippen molar-refractivity contribution in [1.29, 1.82) is 0 Å². The first-order chi connectivity index (χ1) is 12.8. The molecule has 2 aliphatic heterocycles. The molecule has 4 bridgehead atoms. The van der Waals surface area contributed by atoms with Gasteiger partial charge in [-0.05, 0) is 44.4 Å². The summed E-state index contributed by atoms with van der Waals surface area (Å²) in [6.45, 7) is 7.74. The van der Waals surface area contributed by atoms with Crippen LogP contribution in [-0.2, 0) is 20.7 Å². The van der Waals surface area contributed by atoms with E-state index < -0.39 is 24.1 Å². The quantitative estimate of drug-likeness (QED) is 0.634. The van der Waals surface area contributed by atoms with Gasteiger partial charge in [0, 0.05) is 12.8 Å². The van der Waals surface area contributed by atoms with Crippen molar-refractivity contribution >= 4 is 18.0 Å². The molecule has 0 radical (unpaired) electrons. The second-order valence-electron chi connectivity index (χ2n) is 7.24. The minimum Gasteiger partial charge on any atom is -0.465 e. The van der Waals surface area contributed by atoms with Gasteiger partial charge in [-0.2, -0.15) is 0 Å². The van der Waals surface area contributed by atoms with Crippen LogP contribution >= 0.6 is 0 Å². The highest BCUT2D eigenvalue weighted by Gasteiger charge is 2.33. The van der Waals surface area contributed by atoms with E-state index in [1.807, 2.05) is 19.9 Å². The fraction of sp³-hybridized carbons (Fsp3) is 0.429. The fourth-order valence-electron chi connectivity index (χ4n) is 3.51. The number of furan rings is 1. The normalized spacial score (nSPS) is 27.3. The lowest BCUT2D eigenvalue weighted by Gasteiger charge is -2.20. The van der Waals surface area contributed by atoms with Crippen molar-refractivity contribution in [2.75, 3.05) is 7.11 Å². The Balaban J connectivity index is 2.05. The molecule has 0 unspecified atom stereocenters. The van der Waals surface area contributed by atoms with Gasteiger partial charge in [0.2, 0.25) is 0 Å². The molecule has 0 aromatic carbocycles. The highest BCUT2D eigenvalue weighted by molar-refractivity contribution is 5.92. The van der Waals surface area contributed by atoms with E-state index in [1.54, 1.807) is 12.1 Å². The van der Waals surface area contributed by atoms with Gasteiger partial charge in [-0.1, -0.05) is 17.7 Å². The van der Waals surface area contributed by atoms with E-state index in [0.29, 0.717) is 29.9 Å². The zero-order chi connectivity index (χ0) is 19.7. The van der Waals surface area contributed by atoms with Crippen LogP contribution in [0.1, 0.15) is 48.6 Å². The monoisotopic (exact) mass is 372 g/mol. The van der Waals surface area contributed by atoms with Crippen molar-refractivity contribution in [3.8, 4) is 0 Å². The number of fused-ring (bicyclic) bond motifs is 3. The maximum absolute atomic E-state index is 12.2. The Morgan fingerprint density at radius 3 is 2.78 bits per heavy atom. The van der Waals surface area contributed by atoms with E-state index in [2.05, 4.69) is 6.58 Å². The van der Waals surface area contributed by atoms with Crippen molar-refractivity contribution < 1.29 is 28.6 Å². The molecule has 3 heterocycles. The summed E-state index contributed by atoms with van der Waals surface area (Å²) in [5.74, 6) is -0.106. The largest absolute Gasteiger partial charge is 0.465 e. The van der Waals surface area contributed by atoms with E-state index in [1.165, 1.54) is 7.11 Å². The molecule has 0 spiro atoms. The van der Waals surface area contributed by atoms with Gasteiger partial charge < -0.3 is 19.0 Å². The summed E-state index contributed by atoms with van der Waals surface area (Å²) in [4.78, 5) is 24.3. The smallest absolute Gasteiger partial charge is 0.341 e. The lowest BCUT2D eigenvalue weighted by atomic mass is 9.87. The predicted octanol–water partition coefficient (Wildman–Crippen LogP) is 3.21. The lowest BCUT2D eigenvalue weighted by molar-refractivity contribution is -0.140. The van der Waals surface area contributed by atoms with Crippen molar-refractivity contribution in [3.05, 3.63) is 52.5 Å². The fourth-order valence-corrected chi connectivity index (χ4v) is 3.51. The minimum absolute atomic E-state index is 0.180. The van der Waals surface area contributed by atoms with Crippen molar-refractivity contribution in [1.82, 2.24) is 0 Å². The van der Waals surface area contributed by atoms with E-state index in [9.17, 15) is 14.7 Å².